The van der Waals surface area contributed by atoms with E-state index in [4.69, 9.17) is 11.6 Å². The van der Waals surface area contributed by atoms with E-state index in [1.807, 2.05) is 6.07 Å². The van der Waals surface area contributed by atoms with Crippen molar-refractivity contribution in [3.05, 3.63) is 47.0 Å². The highest BCUT2D eigenvalue weighted by atomic mass is 35.5. The molecule has 4 atom stereocenters. The maximum atomic E-state index is 6.13. The van der Waals surface area contributed by atoms with Crippen molar-refractivity contribution in [2.45, 2.75) is 70.6 Å². The van der Waals surface area contributed by atoms with Gasteiger partial charge in [0, 0.05) is 5.02 Å². The molecule has 2 aromatic rings. The predicted molar refractivity (Wildman–Crippen MR) is 109 cm³/mol. The Morgan fingerprint density at radius 2 is 1.64 bits per heavy atom. The van der Waals surface area contributed by atoms with Gasteiger partial charge in [-0.25, -0.2) is 0 Å². The van der Waals surface area contributed by atoms with Crippen molar-refractivity contribution in [3.8, 4) is 0 Å². The summed E-state index contributed by atoms with van der Waals surface area (Å²) >= 11 is 6.13. The van der Waals surface area contributed by atoms with Gasteiger partial charge < -0.3 is 0 Å². The van der Waals surface area contributed by atoms with Gasteiger partial charge in [0.15, 0.2) is 0 Å². The third kappa shape index (κ3) is 3.90. The lowest BCUT2D eigenvalue weighted by Gasteiger charge is -2.42. The normalized spacial score (nSPS) is 29.5. The predicted octanol–water partition coefficient (Wildman–Crippen LogP) is 7.98. The molecule has 0 radical (unpaired) electrons. The summed E-state index contributed by atoms with van der Waals surface area (Å²) in [6.45, 7) is 2.33. The Balaban J connectivity index is 1.43. The second-order valence-electron chi connectivity index (χ2n) is 8.60. The van der Waals surface area contributed by atoms with Crippen LogP contribution in [-0.2, 0) is 0 Å². The van der Waals surface area contributed by atoms with Crippen molar-refractivity contribution in [1.29, 1.82) is 0 Å². The molecule has 0 heterocycles. The first-order valence-corrected chi connectivity index (χ1v) is 10.8. The Kier molecular flexibility index (Phi) is 5.36. The van der Waals surface area contributed by atoms with E-state index in [1.165, 1.54) is 68.6 Å². The van der Waals surface area contributed by atoms with Gasteiger partial charge in [0.2, 0.25) is 0 Å². The Bertz CT molecular complexity index is 719. The van der Waals surface area contributed by atoms with Crippen molar-refractivity contribution in [3.63, 3.8) is 0 Å². The van der Waals surface area contributed by atoms with Gasteiger partial charge in [0.05, 0.1) is 0 Å². The lowest BCUT2D eigenvalue weighted by molar-refractivity contribution is 0.113. The standard InChI is InChI=1S/C24H31Cl/c1-2-3-4-17-5-6-19-14-20(8-7-18(19)13-17)21-9-10-23-16-24(25)12-11-22(23)15-21/h9-12,15-20H,2-8,13-14H2,1H3. The Morgan fingerprint density at radius 3 is 2.52 bits per heavy atom. The highest BCUT2D eigenvalue weighted by molar-refractivity contribution is 6.31. The number of fused-ring (bicyclic) bond motifs is 2. The largest absolute Gasteiger partial charge is 0.0843 e. The molecule has 2 fully saturated rings. The molecular weight excluding hydrogens is 324 g/mol. The number of rotatable bonds is 4. The number of halogens is 1. The van der Waals surface area contributed by atoms with Crippen LogP contribution in [0.4, 0.5) is 0 Å². The summed E-state index contributed by atoms with van der Waals surface area (Å²) in [6.07, 6.45) is 13.0. The summed E-state index contributed by atoms with van der Waals surface area (Å²) in [5.74, 6) is 3.81. The molecule has 0 spiro atoms. The average molecular weight is 355 g/mol. The molecule has 25 heavy (non-hydrogen) atoms. The summed E-state index contributed by atoms with van der Waals surface area (Å²) < 4.78 is 0. The summed E-state index contributed by atoms with van der Waals surface area (Å²) in [7, 11) is 0. The molecule has 1 heteroatoms. The first-order valence-electron chi connectivity index (χ1n) is 10.4. The second kappa shape index (κ2) is 7.70. The first-order chi connectivity index (χ1) is 12.2. The van der Waals surface area contributed by atoms with E-state index < -0.39 is 0 Å². The maximum absolute atomic E-state index is 6.13. The van der Waals surface area contributed by atoms with E-state index >= 15 is 0 Å². The van der Waals surface area contributed by atoms with Gasteiger partial charge in [-0.2, -0.15) is 0 Å². The van der Waals surface area contributed by atoms with E-state index in [-0.39, 0.29) is 0 Å². The number of unbranched alkanes of at least 4 members (excludes halogenated alkanes) is 1. The molecule has 2 aromatic carbocycles. The van der Waals surface area contributed by atoms with Gasteiger partial charge in [-0.15, -0.1) is 0 Å². The quantitative estimate of drug-likeness (QED) is 0.522. The highest BCUT2D eigenvalue weighted by Gasteiger charge is 2.35. The van der Waals surface area contributed by atoms with Gasteiger partial charge in [0.1, 0.15) is 0 Å². The molecular formula is C24H31Cl. The number of hydrogen-bond acceptors (Lipinski definition) is 0. The van der Waals surface area contributed by atoms with Crippen molar-refractivity contribution >= 4 is 22.4 Å². The lowest BCUT2D eigenvalue weighted by atomic mass is 9.63. The fraction of sp³-hybridized carbons (Fsp3) is 0.583. The highest BCUT2D eigenvalue weighted by Crippen LogP contribution is 2.48. The average Bonchev–Trinajstić information content (AvgIpc) is 2.65. The minimum atomic E-state index is 0.772. The minimum Gasteiger partial charge on any atom is -0.0843 e. The second-order valence-corrected chi connectivity index (χ2v) is 9.04. The molecule has 0 aromatic heterocycles. The summed E-state index contributed by atoms with van der Waals surface area (Å²) in [4.78, 5) is 0. The van der Waals surface area contributed by atoms with E-state index in [0.29, 0.717) is 0 Å². The molecule has 2 aliphatic rings. The van der Waals surface area contributed by atoms with Crippen LogP contribution in [0, 0.1) is 17.8 Å². The van der Waals surface area contributed by atoms with E-state index in [2.05, 4.69) is 37.3 Å². The zero-order valence-corrected chi connectivity index (χ0v) is 16.3. The third-order valence-electron chi connectivity index (χ3n) is 6.99. The van der Waals surface area contributed by atoms with E-state index in [1.54, 1.807) is 5.56 Å². The lowest BCUT2D eigenvalue weighted by Crippen LogP contribution is -2.30. The van der Waals surface area contributed by atoms with Crippen LogP contribution < -0.4 is 0 Å². The molecule has 0 N–H and O–H groups in total. The molecule has 4 rings (SSSR count). The van der Waals surface area contributed by atoms with Crippen LogP contribution in [0.2, 0.25) is 5.02 Å². The number of hydrogen-bond donors (Lipinski definition) is 0. The Labute approximate surface area is 158 Å². The van der Waals surface area contributed by atoms with Crippen LogP contribution in [0.5, 0.6) is 0 Å². The van der Waals surface area contributed by atoms with Crippen molar-refractivity contribution in [1.82, 2.24) is 0 Å². The molecule has 2 aliphatic carbocycles. The first kappa shape index (κ1) is 17.4. The summed E-state index contributed by atoms with van der Waals surface area (Å²) in [5, 5.41) is 3.44. The van der Waals surface area contributed by atoms with Gasteiger partial charge in [0.25, 0.3) is 0 Å². The van der Waals surface area contributed by atoms with Gasteiger partial charge in [-0.1, -0.05) is 68.5 Å². The van der Waals surface area contributed by atoms with Crippen LogP contribution in [-0.4, -0.2) is 0 Å². The van der Waals surface area contributed by atoms with E-state index in [9.17, 15) is 0 Å². The van der Waals surface area contributed by atoms with Gasteiger partial charge in [-0.3, -0.25) is 0 Å². The molecule has 4 unspecified atom stereocenters. The van der Waals surface area contributed by atoms with Crippen LogP contribution >= 0.6 is 11.6 Å². The van der Waals surface area contributed by atoms with Gasteiger partial charge in [-0.05, 0) is 84.2 Å². The van der Waals surface area contributed by atoms with E-state index in [0.717, 1.165) is 28.7 Å². The zero-order chi connectivity index (χ0) is 17.2. The zero-order valence-electron chi connectivity index (χ0n) is 15.5. The van der Waals surface area contributed by atoms with Crippen LogP contribution in [0.15, 0.2) is 36.4 Å². The van der Waals surface area contributed by atoms with Crippen LogP contribution in [0.25, 0.3) is 10.8 Å². The molecule has 0 aliphatic heterocycles. The smallest absolute Gasteiger partial charge is 0.0412 e. The van der Waals surface area contributed by atoms with Crippen molar-refractivity contribution < 1.29 is 0 Å². The monoisotopic (exact) mass is 354 g/mol. The molecule has 134 valence electrons. The van der Waals surface area contributed by atoms with Gasteiger partial charge >= 0.3 is 0 Å². The SMILES string of the molecule is CCCCC1CCC2CC(c3ccc4cc(Cl)ccc4c3)CCC2C1. The maximum Gasteiger partial charge on any atom is 0.0412 e. The molecule has 0 nitrogen and oxygen atoms in total. The minimum absolute atomic E-state index is 0.772. The van der Waals surface area contributed by atoms with Crippen LogP contribution in [0.1, 0.15) is 76.2 Å². The fourth-order valence-electron chi connectivity index (χ4n) is 5.53. The third-order valence-corrected chi connectivity index (χ3v) is 7.22. The van der Waals surface area contributed by atoms with Crippen molar-refractivity contribution in [2.75, 3.05) is 0 Å². The Morgan fingerprint density at radius 1 is 0.880 bits per heavy atom. The molecule has 0 saturated heterocycles. The molecule has 0 amide bonds. The number of benzene rings is 2. The van der Waals surface area contributed by atoms with Crippen molar-refractivity contribution in [2.24, 2.45) is 17.8 Å². The van der Waals surface area contributed by atoms with Crippen LogP contribution in [0.3, 0.4) is 0 Å². The Hall–Kier alpha value is -1.01. The summed E-state index contributed by atoms with van der Waals surface area (Å²) in [5.41, 5.74) is 1.56. The topological polar surface area (TPSA) is 0 Å². The fourth-order valence-corrected chi connectivity index (χ4v) is 5.71. The summed E-state index contributed by atoms with van der Waals surface area (Å²) in [6, 6.07) is 13.3. The molecule has 2 saturated carbocycles. The molecule has 0 bridgehead atoms.